The van der Waals surface area contributed by atoms with Crippen LogP contribution in [0.5, 0.6) is 0 Å². The van der Waals surface area contributed by atoms with Crippen LogP contribution in [0.2, 0.25) is 0 Å². The maximum Gasteiger partial charge on any atom is 0.335 e. The first-order valence-corrected chi connectivity index (χ1v) is 8.38. The lowest BCUT2D eigenvalue weighted by atomic mass is 10.0. The van der Waals surface area contributed by atoms with Gasteiger partial charge in [0.1, 0.15) is 5.65 Å². The molecule has 4 rings (SSSR count). The second-order valence-electron chi connectivity index (χ2n) is 6.27. The van der Waals surface area contributed by atoms with E-state index in [9.17, 15) is 4.79 Å². The Bertz CT molecular complexity index is 955. The Morgan fingerprint density at radius 1 is 1.24 bits per heavy atom. The molecular formula is C20H19N3O2. The maximum absolute atomic E-state index is 10.9. The third kappa shape index (κ3) is 3.19. The van der Waals surface area contributed by atoms with Crippen LogP contribution < -0.4 is 5.32 Å². The van der Waals surface area contributed by atoms with Gasteiger partial charge in [-0.15, -0.1) is 0 Å². The zero-order valence-corrected chi connectivity index (χ0v) is 13.8. The lowest BCUT2D eigenvalue weighted by molar-refractivity contribution is 0.0697. The second kappa shape index (κ2) is 6.53. The number of rotatable bonds is 4. The number of aromatic nitrogens is 2. The van der Waals surface area contributed by atoms with Gasteiger partial charge in [-0.25, -0.2) is 9.78 Å². The van der Waals surface area contributed by atoms with Gasteiger partial charge in [0.2, 0.25) is 0 Å². The summed E-state index contributed by atoms with van der Waals surface area (Å²) >= 11 is 0. The van der Waals surface area contributed by atoms with Crippen molar-refractivity contribution in [1.82, 2.24) is 14.9 Å². The minimum absolute atomic E-state index is 0.305. The predicted molar refractivity (Wildman–Crippen MR) is 97.7 cm³/mol. The van der Waals surface area contributed by atoms with Gasteiger partial charge in [0.15, 0.2) is 0 Å². The third-order valence-electron chi connectivity index (χ3n) is 4.59. The summed E-state index contributed by atoms with van der Waals surface area (Å²) in [6.45, 7) is 2.60. The predicted octanol–water partition coefficient (Wildman–Crippen LogP) is 3.16. The molecule has 3 heterocycles. The highest BCUT2D eigenvalue weighted by molar-refractivity contribution is 5.87. The van der Waals surface area contributed by atoms with E-state index in [1.807, 2.05) is 24.5 Å². The van der Waals surface area contributed by atoms with Crippen molar-refractivity contribution in [3.05, 3.63) is 71.6 Å². The molecule has 0 bridgehead atoms. The lowest BCUT2D eigenvalue weighted by Crippen LogP contribution is -2.20. The molecule has 0 saturated heterocycles. The first-order chi connectivity index (χ1) is 12.2. The van der Waals surface area contributed by atoms with Gasteiger partial charge in [0.25, 0.3) is 0 Å². The molecule has 1 aliphatic rings. The molecule has 0 amide bonds. The quantitative estimate of drug-likeness (QED) is 0.770. The molecule has 1 aromatic carbocycles. The third-order valence-corrected chi connectivity index (χ3v) is 4.59. The van der Waals surface area contributed by atoms with Crippen molar-refractivity contribution in [3.63, 3.8) is 0 Å². The average molecular weight is 333 g/mol. The highest BCUT2D eigenvalue weighted by atomic mass is 16.4. The number of nitrogens with zero attached hydrogens (tertiary/aromatic N) is 2. The number of carboxylic acids is 1. The zero-order chi connectivity index (χ0) is 17.2. The second-order valence-corrected chi connectivity index (χ2v) is 6.27. The summed E-state index contributed by atoms with van der Waals surface area (Å²) < 4.78 is 2.09. The number of hydrogen-bond acceptors (Lipinski definition) is 3. The van der Waals surface area contributed by atoms with Gasteiger partial charge >= 0.3 is 5.97 Å². The van der Waals surface area contributed by atoms with Crippen molar-refractivity contribution in [2.45, 2.75) is 13.0 Å². The molecule has 25 heavy (non-hydrogen) atoms. The van der Waals surface area contributed by atoms with Crippen LogP contribution in [0.25, 0.3) is 16.6 Å². The minimum atomic E-state index is -0.903. The van der Waals surface area contributed by atoms with Crippen LogP contribution in [0.15, 0.2) is 54.9 Å². The number of benzene rings is 1. The molecule has 5 nitrogen and oxygen atoms in total. The van der Waals surface area contributed by atoms with Gasteiger partial charge in [-0.05, 0) is 53.9 Å². The van der Waals surface area contributed by atoms with Crippen molar-refractivity contribution in [1.29, 1.82) is 0 Å². The molecule has 5 heteroatoms. The molecule has 2 N–H and O–H groups in total. The fourth-order valence-corrected chi connectivity index (χ4v) is 3.22. The Morgan fingerprint density at radius 2 is 2.08 bits per heavy atom. The minimum Gasteiger partial charge on any atom is -0.478 e. The molecule has 0 spiro atoms. The number of nitrogens with one attached hydrogen (secondary N) is 1. The van der Waals surface area contributed by atoms with Gasteiger partial charge in [-0.1, -0.05) is 18.2 Å². The van der Waals surface area contributed by atoms with Crippen molar-refractivity contribution < 1.29 is 9.90 Å². The van der Waals surface area contributed by atoms with E-state index in [0.717, 1.165) is 36.1 Å². The summed E-state index contributed by atoms with van der Waals surface area (Å²) in [5, 5.41) is 13.4. The lowest BCUT2D eigenvalue weighted by Gasteiger charge is -2.14. The Kier molecular flexibility index (Phi) is 4.07. The highest BCUT2D eigenvalue weighted by Gasteiger charge is 2.10. The SMILES string of the molecule is O=C(O)c1ccc(Cn2ccc3cc(C4=CCNCC4)cnc32)cc1. The monoisotopic (exact) mass is 333 g/mol. The Balaban J connectivity index is 1.60. The fourth-order valence-electron chi connectivity index (χ4n) is 3.22. The average Bonchev–Trinajstić information content (AvgIpc) is 3.05. The standard InChI is InChI=1S/C20H19N3O2/c24-20(25)16-3-1-14(2-4-16)13-23-10-7-17-11-18(12-22-19(17)23)15-5-8-21-9-6-15/h1-5,7,10-12,21H,6,8-9,13H2,(H,24,25). The molecule has 0 aliphatic carbocycles. The van der Waals surface area contributed by atoms with E-state index >= 15 is 0 Å². The van der Waals surface area contributed by atoms with Crippen LogP contribution in [0.4, 0.5) is 0 Å². The number of pyridine rings is 1. The molecule has 3 aromatic rings. The van der Waals surface area contributed by atoms with E-state index in [4.69, 9.17) is 5.11 Å². The Hall–Kier alpha value is -2.92. The van der Waals surface area contributed by atoms with Crippen LogP contribution in [-0.4, -0.2) is 33.7 Å². The molecular weight excluding hydrogens is 314 g/mol. The van der Waals surface area contributed by atoms with Gasteiger partial charge in [0, 0.05) is 30.9 Å². The van der Waals surface area contributed by atoms with Gasteiger partial charge < -0.3 is 15.0 Å². The number of fused-ring (bicyclic) bond motifs is 1. The molecule has 126 valence electrons. The number of hydrogen-bond donors (Lipinski definition) is 2. The van der Waals surface area contributed by atoms with E-state index in [1.54, 1.807) is 12.1 Å². The highest BCUT2D eigenvalue weighted by Crippen LogP contribution is 2.23. The Morgan fingerprint density at radius 3 is 2.80 bits per heavy atom. The molecule has 0 unspecified atom stereocenters. The number of carboxylic acid groups (broad SMARTS) is 1. The van der Waals surface area contributed by atoms with Crippen LogP contribution in [-0.2, 0) is 6.54 Å². The molecule has 0 atom stereocenters. The summed E-state index contributed by atoms with van der Waals surface area (Å²) in [6, 6.07) is 11.3. The molecule has 0 fully saturated rings. The molecule has 0 radical (unpaired) electrons. The summed E-state index contributed by atoms with van der Waals surface area (Å²) in [4.78, 5) is 15.6. The summed E-state index contributed by atoms with van der Waals surface area (Å²) in [5.41, 5.74) is 4.84. The van der Waals surface area contributed by atoms with Gasteiger partial charge in [-0.2, -0.15) is 0 Å². The summed E-state index contributed by atoms with van der Waals surface area (Å²) in [7, 11) is 0. The Labute approximate surface area is 145 Å². The molecule has 1 aliphatic heterocycles. The van der Waals surface area contributed by atoms with Gasteiger partial charge in [0.05, 0.1) is 5.56 Å². The van der Waals surface area contributed by atoms with E-state index in [0.29, 0.717) is 12.1 Å². The van der Waals surface area contributed by atoms with Gasteiger partial charge in [-0.3, -0.25) is 0 Å². The van der Waals surface area contributed by atoms with Crippen molar-refractivity contribution in [2.24, 2.45) is 0 Å². The van der Waals surface area contributed by atoms with Crippen LogP contribution in [0.3, 0.4) is 0 Å². The summed E-state index contributed by atoms with van der Waals surface area (Å²) in [5.74, 6) is -0.903. The van der Waals surface area contributed by atoms with E-state index in [1.165, 1.54) is 11.1 Å². The van der Waals surface area contributed by atoms with Crippen molar-refractivity contribution >= 4 is 22.6 Å². The van der Waals surface area contributed by atoms with Crippen molar-refractivity contribution in [3.8, 4) is 0 Å². The largest absolute Gasteiger partial charge is 0.478 e. The fraction of sp³-hybridized carbons (Fsp3) is 0.200. The van der Waals surface area contributed by atoms with Crippen LogP contribution >= 0.6 is 0 Å². The topological polar surface area (TPSA) is 67.2 Å². The first kappa shape index (κ1) is 15.6. The van der Waals surface area contributed by atoms with Crippen LogP contribution in [0.1, 0.15) is 27.9 Å². The van der Waals surface area contributed by atoms with E-state index < -0.39 is 5.97 Å². The zero-order valence-electron chi connectivity index (χ0n) is 13.8. The number of aromatic carboxylic acids is 1. The normalized spacial score (nSPS) is 14.5. The summed E-state index contributed by atoms with van der Waals surface area (Å²) in [6.07, 6.45) is 7.24. The molecule has 2 aromatic heterocycles. The van der Waals surface area contributed by atoms with Crippen LogP contribution in [0, 0.1) is 0 Å². The number of carbonyl (C=O) groups is 1. The van der Waals surface area contributed by atoms with E-state index in [-0.39, 0.29) is 0 Å². The first-order valence-electron chi connectivity index (χ1n) is 8.38. The van der Waals surface area contributed by atoms with Crippen molar-refractivity contribution in [2.75, 3.05) is 13.1 Å². The molecule has 0 saturated carbocycles. The van der Waals surface area contributed by atoms with E-state index in [2.05, 4.69) is 33.1 Å². The maximum atomic E-state index is 10.9. The smallest absolute Gasteiger partial charge is 0.335 e.